The van der Waals surface area contributed by atoms with Gasteiger partial charge in [0.05, 0.1) is 5.69 Å². The summed E-state index contributed by atoms with van der Waals surface area (Å²) in [5.74, 6) is 2.05. The largest absolute Gasteiger partial charge is 0.274 e. The predicted molar refractivity (Wildman–Crippen MR) is 76.7 cm³/mol. The lowest BCUT2D eigenvalue weighted by Gasteiger charge is -2.28. The number of sulfonamides is 1. The summed E-state index contributed by atoms with van der Waals surface area (Å²) in [7, 11) is -1.72. The number of hydrogen-bond donors (Lipinski definition) is 1. The molecule has 2 fully saturated rings. The van der Waals surface area contributed by atoms with Crippen LogP contribution in [0.25, 0.3) is 0 Å². The Bertz CT molecular complexity index is 608. The van der Waals surface area contributed by atoms with E-state index in [9.17, 15) is 8.42 Å². The number of rotatable bonds is 4. The molecule has 3 rings (SSSR count). The Kier molecular flexibility index (Phi) is 3.41. The summed E-state index contributed by atoms with van der Waals surface area (Å²) in [5, 5.41) is 4.12. The van der Waals surface area contributed by atoms with Crippen LogP contribution in [0.3, 0.4) is 0 Å². The molecule has 1 aromatic rings. The molecule has 0 radical (unpaired) electrons. The van der Waals surface area contributed by atoms with Crippen LogP contribution in [-0.4, -0.2) is 24.2 Å². The van der Waals surface area contributed by atoms with Gasteiger partial charge < -0.3 is 0 Å². The molecule has 2 saturated carbocycles. The van der Waals surface area contributed by atoms with Crippen molar-refractivity contribution < 1.29 is 8.42 Å². The van der Waals surface area contributed by atoms with E-state index < -0.39 is 10.0 Å². The summed E-state index contributed by atoms with van der Waals surface area (Å²) in [5.41, 5.74) is 0.556. The molecule has 5 nitrogen and oxygen atoms in total. The monoisotopic (exact) mass is 297 g/mol. The van der Waals surface area contributed by atoms with Crippen LogP contribution in [0.2, 0.25) is 0 Å². The van der Waals surface area contributed by atoms with Crippen molar-refractivity contribution in [3.63, 3.8) is 0 Å². The average Bonchev–Trinajstić information content (AvgIpc) is 3.03. The van der Waals surface area contributed by atoms with Crippen molar-refractivity contribution >= 4 is 10.0 Å². The quantitative estimate of drug-likeness (QED) is 0.922. The summed E-state index contributed by atoms with van der Waals surface area (Å²) in [6, 6.07) is 0.00917. The highest BCUT2D eigenvalue weighted by Gasteiger charge is 2.42. The fourth-order valence-corrected chi connectivity index (χ4v) is 5.66. The second kappa shape index (κ2) is 4.84. The van der Waals surface area contributed by atoms with Gasteiger partial charge in [0.1, 0.15) is 4.90 Å². The Balaban J connectivity index is 1.75. The van der Waals surface area contributed by atoms with Gasteiger partial charge in [-0.25, -0.2) is 13.1 Å². The van der Waals surface area contributed by atoms with Crippen LogP contribution in [0.1, 0.15) is 38.3 Å². The molecule has 0 unspecified atom stereocenters. The van der Waals surface area contributed by atoms with E-state index in [2.05, 4.69) is 9.82 Å². The second-order valence-corrected chi connectivity index (χ2v) is 8.18. The maximum absolute atomic E-state index is 12.5. The van der Waals surface area contributed by atoms with E-state index in [0.717, 1.165) is 5.92 Å². The van der Waals surface area contributed by atoms with Gasteiger partial charge in [-0.3, -0.25) is 4.68 Å². The molecule has 0 amide bonds. The van der Waals surface area contributed by atoms with Gasteiger partial charge in [-0.1, -0.05) is 6.42 Å². The Hall–Kier alpha value is -0.880. The highest BCUT2D eigenvalue weighted by Crippen LogP contribution is 2.49. The standard InChI is InChI=1S/C14H23N3O2S/c1-9(13-7-11-4-5-12(13)6-11)16-20(18,19)14-8-17(3)15-10(14)2/h8-9,11-13,16H,4-7H2,1-3H3/t9-,11+,12+,13-/m0/s1. The SMILES string of the molecule is Cc1nn(C)cc1S(=O)(=O)N[C@@H](C)[C@@H]1C[C@@H]2CC[C@@H]1C2. The van der Waals surface area contributed by atoms with Gasteiger partial charge in [-0.15, -0.1) is 0 Å². The predicted octanol–water partition coefficient (Wildman–Crippen LogP) is 1.83. The molecule has 0 saturated heterocycles. The first-order valence-electron chi connectivity index (χ1n) is 7.39. The molecular weight excluding hydrogens is 274 g/mol. The zero-order valence-corrected chi connectivity index (χ0v) is 13.2. The highest BCUT2D eigenvalue weighted by atomic mass is 32.2. The Morgan fingerprint density at radius 2 is 2.15 bits per heavy atom. The minimum Gasteiger partial charge on any atom is -0.274 e. The fourth-order valence-electron chi connectivity index (χ4n) is 4.14. The van der Waals surface area contributed by atoms with Gasteiger partial charge in [-0.2, -0.15) is 5.10 Å². The zero-order chi connectivity index (χ0) is 14.5. The molecule has 2 bridgehead atoms. The van der Waals surface area contributed by atoms with E-state index in [1.807, 2.05) is 6.92 Å². The van der Waals surface area contributed by atoms with Crippen LogP contribution in [0.15, 0.2) is 11.1 Å². The van der Waals surface area contributed by atoms with E-state index >= 15 is 0 Å². The maximum atomic E-state index is 12.5. The van der Waals surface area contributed by atoms with E-state index in [0.29, 0.717) is 22.4 Å². The van der Waals surface area contributed by atoms with Gasteiger partial charge in [0, 0.05) is 19.3 Å². The summed E-state index contributed by atoms with van der Waals surface area (Å²) in [4.78, 5) is 0.301. The number of aryl methyl sites for hydroxylation is 2. The van der Waals surface area contributed by atoms with Crippen molar-refractivity contribution in [2.45, 2.75) is 50.5 Å². The van der Waals surface area contributed by atoms with Gasteiger partial charge in [0.2, 0.25) is 10.0 Å². The summed E-state index contributed by atoms with van der Waals surface area (Å²) in [6.07, 6.45) is 6.66. The number of hydrogen-bond acceptors (Lipinski definition) is 3. The number of aromatic nitrogens is 2. The summed E-state index contributed by atoms with van der Waals surface area (Å²) in [6.45, 7) is 3.74. The molecule has 2 aliphatic carbocycles. The Labute approximate surface area is 120 Å². The number of fused-ring (bicyclic) bond motifs is 2. The van der Waals surface area contributed by atoms with E-state index in [1.165, 1.54) is 25.7 Å². The lowest BCUT2D eigenvalue weighted by atomic mass is 9.84. The van der Waals surface area contributed by atoms with Crippen molar-refractivity contribution in [2.24, 2.45) is 24.8 Å². The topological polar surface area (TPSA) is 64.0 Å². The smallest absolute Gasteiger partial charge is 0.244 e. The van der Waals surface area contributed by atoms with Crippen molar-refractivity contribution in [1.82, 2.24) is 14.5 Å². The maximum Gasteiger partial charge on any atom is 0.244 e. The molecule has 6 heteroatoms. The van der Waals surface area contributed by atoms with Crippen molar-refractivity contribution in [1.29, 1.82) is 0 Å². The molecular formula is C14H23N3O2S. The molecule has 1 heterocycles. The highest BCUT2D eigenvalue weighted by molar-refractivity contribution is 7.89. The van der Waals surface area contributed by atoms with Crippen molar-refractivity contribution in [2.75, 3.05) is 0 Å². The van der Waals surface area contributed by atoms with Gasteiger partial charge in [0.15, 0.2) is 0 Å². The molecule has 1 aromatic heterocycles. The normalized spacial score (nSPS) is 30.9. The third-order valence-electron chi connectivity index (χ3n) is 5.03. The third-order valence-corrected chi connectivity index (χ3v) is 6.70. The van der Waals surface area contributed by atoms with E-state index in [1.54, 1.807) is 24.9 Å². The lowest BCUT2D eigenvalue weighted by molar-refractivity contribution is 0.280. The average molecular weight is 297 g/mol. The summed E-state index contributed by atoms with van der Waals surface area (Å²) >= 11 is 0. The van der Waals surface area contributed by atoms with Gasteiger partial charge in [0.25, 0.3) is 0 Å². The van der Waals surface area contributed by atoms with Crippen LogP contribution in [0.5, 0.6) is 0 Å². The first kappa shape index (κ1) is 14.1. The van der Waals surface area contributed by atoms with Crippen LogP contribution in [0, 0.1) is 24.7 Å². The molecule has 0 aromatic carbocycles. The first-order chi connectivity index (χ1) is 9.37. The van der Waals surface area contributed by atoms with Crippen LogP contribution in [0.4, 0.5) is 0 Å². The van der Waals surface area contributed by atoms with Crippen LogP contribution in [-0.2, 0) is 17.1 Å². The number of nitrogens with one attached hydrogen (secondary N) is 1. The molecule has 0 aliphatic heterocycles. The molecule has 4 atom stereocenters. The second-order valence-electron chi connectivity index (χ2n) is 6.50. The molecule has 20 heavy (non-hydrogen) atoms. The summed E-state index contributed by atoms with van der Waals surface area (Å²) < 4.78 is 29.4. The van der Waals surface area contributed by atoms with Gasteiger partial charge in [-0.05, 0) is 50.9 Å². The van der Waals surface area contributed by atoms with E-state index in [4.69, 9.17) is 0 Å². The van der Waals surface area contributed by atoms with Crippen molar-refractivity contribution in [3.8, 4) is 0 Å². The van der Waals surface area contributed by atoms with Crippen LogP contribution < -0.4 is 4.72 Å². The Morgan fingerprint density at radius 3 is 2.65 bits per heavy atom. The minimum absolute atomic E-state index is 0.00917. The fraction of sp³-hybridized carbons (Fsp3) is 0.786. The lowest BCUT2D eigenvalue weighted by Crippen LogP contribution is -2.40. The van der Waals surface area contributed by atoms with Crippen LogP contribution >= 0.6 is 0 Å². The Morgan fingerprint density at radius 1 is 1.40 bits per heavy atom. The minimum atomic E-state index is -3.46. The first-order valence-corrected chi connectivity index (χ1v) is 8.87. The zero-order valence-electron chi connectivity index (χ0n) is 12.3. The molecule has 0 spiro atoms. The number of nitrogens with zero attached hydrogens (tertiary/aromatic N) is 2. The van der Waals surface area contributed by atoms with E-state index in [-0.39, 0.29) is 6.04 Å². The van der Waals surface area contributed by atoms with Crippen molar-refractivity contribution in [3.05, 3.63) is 11.9 Å². The van der Waals surface area contributed by atoms with Gasteiger partial charge >= 0.3 is 0 Å². The molecule has 1 N–H and O–H groups in total. The molecule has 2 aliphatic rings. The molecule has 112 valence electrons. The third kappa shape index (κ3) is 2.39.